The van der Waals surface area contributed by atoms with Gasteiger partial charge in [-0.15, -0.1) is 0 Å². The van der Waals surface area contributed by atoms with Gasteiger partial charge in [-0.05, 0) is 6.92 Å². The summed E-state index contributed by atoms with van der Waals surface area (Å²) in [5, 5.41) is 8.92. The van der Waals surface area contributed by atoms with Gasteiger partial charge in [0.1, 0.15) is 5.92 Å². The van der Waals surface area contributed by atoms with E-state index in [0.717, 1.165) is 0 Å². The van der Waals surface area contributed by atoms with Gasteiger partial charge in [0.15, 0.2) is 0 Å². The van der Waals surface area contributed by atoms with Crippen LogP contribution >= 0.6 is 11.6 Å². The molecule has 4 nitrogen and oxygen atoms in total. The molecule has 1 rings (SSSR count). The maximum atomic E-state index is 11.3. The summed E-state index contributed by atoms with van der Waals surface area (Å²) in [5.74, 6) is -1.98. The molecular formula is C8H10ClNO3. The highest BCUT2D eigenvalue weighted by atomic mass is 35.5. The Bertz CT molecular complexity index is 298. The van der Waals surface area contributed by atoms with Crippen LogP contribution in [0.5, 0.6) is 0 Å². The number of carboxylic acid groups (broad SMARTS) is 1. The van der Waals surface area contributed by atoms with Crippen LogP contribution in [0.4, 0.5) is 0 Å². The highest BCUT2D eigenvalue weighted by Gasteiger charge is 2.32. The van der Waals surface area contributed by atoms with Crippen LogP contribution in [-0.4, -0.2) is 35.5 Å². The van der Waals surface area contributed by atoms with Crippen LogP contribution in [0.1, 0.15) is 6.92 Å². The molecule has 1 aliphatic rings. The van der Waals surface area contributed by atoms with Crippen LogP contribution in [0, 0.1) is 5.92 Å². The summed E-state index contributed by atoms with van der Waals surface area (Å²) in [4.78, 5) is 23.4. The van der Waals surface area contributed by atoms with E-state index in [1.54, 1.807) is 7.05 Å². The molecule has 0 aromatic rings. The minimum Gasteiger partial charge on any atom is -0.481 e. The van der Waals surface area contributed by atoms with Crippen molar-refractivity contribution < 1.29 is 14.7 Å². The van der Waals surface area contributed by atoms with E-state index < -0.39 is 11.9 Å². The summed E-state index contributed by atoms with van der Waals surface area (Å²) in [5.41, 5.74) is 0.322. The van der Waals surface area contributed by atoms with E-state index in [0.29, 0.717) is 5.57 Å². The molecule has 1 atom stereocenters. The quantitative estimate of drug-likeness (QED) is 0.682. The lowest BCUT2D eigenvalue weighted by molar-refractivity contribution is -0.142. The normalized spacial score (nSPS) is 23.8. The van der Waals surface area contributed by atoms with E-state index in [1.165, 1.54) is 11.8 Å². The van der Waals surface area contributed by atoms with Crippen LogP contribution < -0.4 is 0 Å². The minimum absolute atomic E-state index is 0.143. The first-order chi connectivity index (χ1) is 5.95. The predicted molar refractivity (Wildman–Crippen MR) is 47.3 cm³/mol. The standard InChI is InChI=1S/C8H10ClNO3/c1-4-6(9)5(8(12)13)3-10(2)7(4)11/h5H,3H2,1-2H3,(H,12,13). The molecule has 0 aromatic heterocycles. The van der Waals surface area contributed by atoms with Crippen molar-refractivity contribution in [2.45, 2.75) is 6.92 Å². The first-order valence-corrected chi connectivity index (χ1v) is 4.17. The summed E-state index contributed by atoms with van der Waals surface area (Å²) in [6, 6.07) is 0. The van der Waals surface area contributed by atoms with Gasteiger partial charge < -0.3 is 10.0 Å². The van der Waals surface area contributed by atoms with E-state index in [9.17, 15) is 9.59 Å². The van der Waals surface area contributed by atoms with Crippen molar-refractivity contribution in [2.75, 3.05) is 13.6 Å². The fraction of sp³-hybridized carbons (Fsp3) is 0.500. The molecule has 0 saturated heterocycles. The summed E-state index contributed by atoms with van der Waals surface area (Å²) in [6.07, 6.45) is 0. The van der Waals surface area contributed by atoms with Crippen LogP contribution in [0.15, 0.2) is 10.6 Å². The van der Waals surface area contributed by atoms with Crippen molar-refractivity contribution in [3.8, 4) is 0 Å². The fourth-order valence-electron chi connectivity index (χ4n) is 1.27. The topological polar surface area (TPSA) is 57.6 Å². The van der Waals surface area contributed by atoms with Crippen molar-refractivity contribution in [1.29, 1.82) is 0 Å². The Morgan fingerprint density at radius 1 is 1.69 bits per heavy atom. The molecule has 0 aromatic carbocycles. The molecule has 1 heterocycles. The van der Waals surface area contributed by atoms with E-state index in [4.69, 9.17) is 16.7 Å². The number of carbonyl (C=O) groups is 2. The Morgan fingerprint density at radius 2 is 2.23 bits per heavy atom. The van der Waals surface area contributed by atoms with Crippen LogP contribution in [0.2, 0.25) is 0 Å². The van der Waals surface area contributed by atoms with E-state index in [1.807, 2.05) is 0 Å². The lowest BCUT2D eigenvalue weighted by Crippen LogP contribution is -2.40. The van der Waals surface area contributed by atoms with Crippen LogP contribution in [0.3, 0.4) is 0 Å². The second-order valence-electron chi connectivity index (χ2n) is 3.05. The van der Waals surface area contributed by atoms with Gasteiger partial charge >= 0.3 is 5.97 Å². The average Bonchev–Trinajstić information content (AvgIpc) is 2.07. The molecule has 13 heavy (non-hydrogen) atoms. The Hall–Kier alpha value is -1.03. The van der Waals surface area contributed by atoms with Crippen LogP contribution in [0.25, 0.3) is 0 Å². The molecule has 0 saturated carbocycles. The zero-order valence-electron chi connectivity index (χ0n) is 7.37. The van der Waals surface area contributed by atoms with Crippen molar-refractivity contribution >= 4 is 23.5 Å². The Labute approximate surface area is 80.8 Å². The summed E-state index contributed by atoms with van der Waals surface area (Å²) in [7, 11) is 1.56. The van der Waals surface area contributed by atoms with Crippen molar-refractivity contribution in [2.24, 2.45) is 5.92 Å². The summed E-state index contributed by atoms with van der Waals surface area (Å²) in [6.45, 7) is 1.68. The molecule has 0 spiro atoms. The van der Waals surface area contributed by atoms with E-state index in [-0.39, 0.29) is 17.5 Å². The average molecular weight is 204 g/mol. The summed E-state index contributed by atoms with van der Waals surface area (Å²) >= 11 is 5.74. The third-order valence-electron chi connectivity index (χ3n) is 2.09. The van der Waals surface area contributed by atoms with Gasteiger partial charge in [-0.3, -0.25) is 9.59 Å². The second kappa shape index (κ2) is 3.38. The fourth-order valence-corrected chi connectivity index (χ4v) is 1.52. The largest absolute Gasteiger partial charge is 0.481 e. The van der Waals surface area contributed by atoms with E-state index in [2.05, 4.69) is 0 Å². The monoisotopic (exact) mass is 203 g/mol. The number of carbonyl (C=O) groups excluding carboxylic acids is 1. The molecule has 0 fully saturated rings. The van der Waals surface area contributed by atoms with Crippen molar-refractivity contribution in [3.63, 3.8) is 0 Å². The molecular weight excluding hydrogens is 194 g/mol. The maximum Gasteiger partial charge on any atom is 0.313 e. The van der Waals surface area contributed by atoms with Gasteiger partial charge in [0, 0.05) is 24.2 Å². The number of rotatable bonds is 1. The van der Waals surface area contributed by atoms with E-state index >= 15 is 0 Å². The van der Waals surface area contributed by atoms with Gasteiger partial charge in [0.25, 0.3) is 0 Å². The number of hydrogen-bond acceptors (Lipinski definition) is 2. The van der Waals surface area contributed by atoms with Crippen molar-refractivity contribution in [1.82, 2.24) is 4.90 Å². The molecule has 1 N–H and O–H groups in total. The minimum atomic E-state index is -0.997. The number of hydrogen-bond donors (Lipinski definition) is 1. The zero-order valence-corrected chi connectivity index (χ0v) is 8.13. The Kier molecular flexibility index (Phi) is 2.61. The van der Waals surface area contributed by atoms with Gasteiger partial charge in [-0.2, -0.15) is 0 Å². The molecule has 1 unspecified atom stereocenters. The Balaban J connectivity index is 3.06. The highest BCUT2D eigenvalue weighted by Crippen LogP contribution is 2.26. The molecule has 1 amide bonds. The smallest absolute Gasteiger partial charge is 0.313 e. The maximum absolute atomic E-state index is 11.3. The lowest BCUT2D eigenvalue weighted by Gasteiger charge is -2.27. The number of amides is 1. The molecule has 0 radical (unpaired) electrons. The first-order valence-electron chi connectivity index (χ1n) is 3.79. The number of halogens is 1. The molecule has 5 heteroatoms. The summed E-state index contributed by atoms with van der Waals surface area (Å²) < 4.78 is 0. The van der Waals surface area contributed by atoms with Gasteiger partial charge in [0.2, 0.25) is 5.91 Å². The SMILES string of the molecule is CC1=C(Cl)C(C(=O)O)CN(C)C1=O. The van der Waals surface area contributed by atoms with Crippen LogP contribution in [-0.2, 0) is 9.59 Å². The molecule has 0 bridgehead atoms. The third-order valence-corrected chi connectivity index (χ3v) is 2.63. The second-order valence-corrected chi connectivity index (χ2v) is 3.46. The molecule has 72 valence electrons. The predicted octanol–water partition coefficient (Wildman–Crippen LogP) is 0.672. The third kappa shape index (κ3) is 1.67. The van der Waals surface area contributed by atoms with Gasteiger partial charge in [0.05, 0.1) is 0 Å². The van der Waals surface area contributed by atoms with Gasteiger partial charge in [-0.1, -0.05) is 11.6 Å². The number of aliphatic carboxylic acids is 1. The number of likely N-dealkylation sites (N-methyl/N-ethyl adjacent to an activating group) is 1. The van der Waals surface area contributed by atoms with Crippen molar-refractivity contribution in [3.05, 3.63) is 10.6 Å². The first kappa shape index (κ1) is 10.1. The molecule has 0 aliphatic carbocycles. The number of carboxylic acids is 1. The zero-order chi connectivity index (χ0) is 10.2. The Morgan fingerprint density at radius 3 is 2.69 bits per heavy atom. The lowest BCUT2D eigenvalue weighted by atomic mass is 10.0. The highest BCUT2D eigenvalue weighted by molar-refractivity contribution is 6.33. The van der Waals surface area contributed by atoms with Gasteiger partial charge in [-0.25, -0.2) is 0 Å². The number of nitrogens with zero attached hydrogens (tertiary/aromatic N) is 1. The molecule has 1 aliphatic heterocycles.